The van der Waals surface area contributed by atoms with E-state index in [1.54, 1.807) is 7.11 Å². The molecule has 1 amide bonds. The number of para-hydroxylation sites is 1. The Kier molecular flexibility index (Phi) is 3.83. The van der Waals surface area contributed by atoms with Gasteiger partial charge in [-0.1, -0.05) is 18.2 Å². The number of carbonyl (C=O) groups excluding carboxylic acids is 1. The molecule has 2 aromatic rings. The van der Waals surface area contributed by atoms with Crippen molar-refractivity contribution in [2.24, 2.45) is 11.8 Å². The molecule has 1 saturated carbocycles. The Morgan fingerprint density at radius 3 is 3.13 bits per heavy atom. The van der Waals surface area contributed by atoms with Crippen LogP contribution in [0.4, 0.5) is 0 Å². The van der Waals surface area contributed by atoms with Crippen molar-refractivity contribution >= 4 is 16.8 Å². The number of methoxy groups -OCH3 is 1. The van der Waals surface area contributed by atoms with Gasteiger partial charge in [0.05, 0.1) is 12.7 Å². The Bertz CT molecular complexity index is 711. The average Bonchev–Trinajstić information content (AvgIpc) is 3.16. The molecule has 1 aromatic heterocycles. The van der Waals surface area contributed by atoms with E-state index in [2.05, 4.69) is 11.4 Å². The lowest BCUT2D eigenvalue weighted by Crippen LogP contribution is -2.63. The van der Waals surface area contributed by atoms with Crippen LogP contribution in [0.15, 0.2) is 36.5 Å². The van der Waals surface area contributed by atoms with Gasteiger partial charge in [-0.25, -0.2) is 0 Å². The fraction of sp³-hybridized carbons (Fsp3) is 0.500. The van der Waals surface area contributed by atoms with Gasteiger partial charge in [-0.15, -0.1) is 0 Å². The quantitative estimate of drug-likeness (QED) is 0.916. The first-order chi connectivity index (χ1) is 11.3. The molecular weight excluding hydrogens is 292 g/mol. The molecule has 2 aliphatic rings. The highest BCUT2D eigenvalue weighted by Crippen LogP contribution is 2.43. The van der Waals surface area contributed by atoms with Crippen LogP contribution in [-0.4, -0.2) is 42.9 Å². The third kappa shape index (κ3) is 2.54. The van der Waals surface area contributed by atoms with Crippen LogP contribution in [0.5, 0.6) is 0 Å². The van der Waals surface area contributed by atoms with E-state index in [9.17, 15) is 4.79 Å². The molecule has 23 heavy (non-hydrogen) atoms. The van der Waals surface area contributed by atoms with Gasteiger partial charge in [0.1, 0.15) is 6.54 Å². The molecule has 1 aliphatic carbocycles. The van der Waals surface area contributed by atoms with Crippen LogP contribution < -0.4 is 5.32 Å². The first-order valence-electron chi connectivity index (χ1n) is 8.21. The lowest BCUT2D eigenvalue weighted by molar-refractivity contribution is -0.130. The van der Waals surface area contributed by atoms with Gasteiger partial charge in [0.15, 0.2) is 0 Å². The van der Waals surface area contributed by atoms with E-state index in [1.807, 2.05) is 35.0 Å². The van der Waals surface area contributed by atoms with Crippen molar-refractivity contribution in [2.75, 3.05) is 20.3 Å². The van der Waals surface area contributed by atoms with E-state index in [0.717, 1.165) is 23.9 Å². The van der Waals surface area contributed by atoms with Crippen LogP contribution in [0.3, 0.4) is 0 Å². The molecule has 0 radical (unpaired) electrons. The van der Waals surface area contributed by atoms with Gasteiger partial charge in [0.2, 0.25) is 5.91 Å². The number of hydrogen-bond acceptors (Lipinski definition) is 3. The van der Waals surface area contributed by atoms with Gasteiger partial charge in [-0.2, -0.15) is 0 Å². The number of benzene rings is 1. The number of ether oxygens (including phenoxy) is 2. The number of amides is 1. The molecule has 2 heterocycles. The van der Waals surface area contributed by atoms with Crippen molar-refractivity contribution in [1.29, 1.82) is 0 Å². The number of nitrogens with zero attached hydrogens (tertiary/aromatic N) is 1. The first kappa shape index (κ1) is 14.7. The van der Waals surface area contributed by atoms with E-state index in [4.69, 9.17) is 9.47 Å². The monoisotopic (exact) mass is 314 g/mol. The fourth-order valence-corrected chi connectivity index (χ4v) is 4.10. The highest BCUT2D eigenvalue weighted by Gasteiger charge is 2.54. The number of fused-ring (bicyclic) bond motifs is 2. The molecule has 122 valence electrons. The highest BCUT2D eigenvalue weighted by molar-refractivity contribution is 5.83. The second-order valence-electron chi connectivity index (χ2n) is 6.50. The second-order valence-corrected chi connectivity index (χ2v) is 6.50. The van der Waals surface area contributed by atoms with Gasteiger partial charge in [-0.3, -0.25) is 4.79 Å². The van der Waals surface area contributed by atoms with Crippen molar-refractivity contribution in [3.05, 3.63) is 36.5 Å². The van der Waals surface area contributed by atoms with Gasteiger partial charge in [0.25, 0.3) is 0 Å². The maximum atomic E-state index is 12.5. The maximum Gasteiger partial charge on any atom is 0.240 e. The van der Waals surface area contributed by atoms with Crippen LogP contribution >= 0.6 is 0 Å². The molecule has 2 fully saturated rings. The molecule has 1 saturated heterocycles. The van der Waals surface area contributed by atoms with E-state index in [-0.39, 0.29) is 24.0 Å². The number of hydrogen-bond donors (Lipinski definition) is 1. The topological polar surface area (TPSA) is 52.5 Å². The minimum absolute atomic E-state index is 0.0582. The fourth-order valence-electron chi connectivity index (χ4n) is 4.10. The molecule has 4 rings (SSSR count). The first-order valence-corrected chi connectivity index (χ1v) is 8.21. The van der Waals surface area contributed by atoms with Crippen molar-refractivity contribution in [3.8, 4) is 0 Å². The number of nitrogens with one attached hydrogen (secondary N) is 1. The van der Waals surface area contributed by atoms with E-state index in [0.29, 0.717) is 19.1 Å². The van der Waals surface area contributed by atoms with Crippen LogP contribution in [0.2, 0.25) is 0 Å². The summed E-state index contributed by atoms with van der Waals surface area (Å²) in [4.78, 5) is 12.5. The van der Waals surface area contributed by atoms with E-state index < -0.39 is 0 Å². The Labute approximate surface area is 135 Å². The predicted molar refractivity (Wildman–Crippen MR) is 87.1 cm³/mol. The Hall–Kier alpha value is -1.85. The Morgan fingerprint density at radius 2 is 2.26 bits per heavy atom. The number of rotatable bonds is 5. The summed E-state index contributed by atoms with van der Waals surface area (Å²) in [7, 11) is 1.70. The molecule has 5 nitrogen and oxygen atoms in total. The molecule has 1 aromatic carbocycles. The SMILES string of the molecule is COC[C@@H]1[C@@H](NC(=O)Cn2ccc3ccccc32)[C@@H]2CCO[C@H]12. The summed E-state index contributed by atoms with van der Waals surface area (Å²) < 4.78 is 13.0. The molecule has 0 spiro atoms. The van der Waals surface area contributed by atoms with Crippen LogP contribution in [0.25, 0.3) is 10.9 Å². The lowest BCUT2D eigenvalue weighted by Gasteiger charge is -2.47. The summed E-state index contributed by atoms with van der Waals surface area (Å²) in [5.41, 5.74) is 1.09. The molecule has 0 bridgehead atoms. The van der Waals surface area contributed by atoms with Crippen molar-refractivity contribution < 1.29 is 14.3 Å². The van der Waals surface area contributed by atoms with Crippen LogP contribution in [-0.2, 0) is 20.8 Å². The molecule has 1 aliphatic heterocycles. The summed E-state index contributed by atoms with van der Waals surface area (Å²) in [5, 5.41) is 4.36. The zero-order valence-electron chi connectivity index (χ0n) is 13.3. The smallest absolute Gasteiger partial charge is 0.240 e. The van der Waals surface area contributed by atoms with Crippen LogP contribution in [0.1, 0.15) is 6.42 Å². The summed E-state index contributed by atoms with van der Waals surface area (Å²) in [5.74, 6) is 0.779. The van der Waals surface area contributed by atoms with Crippen molar-refractivity contribution in [3.63, 3.8) is 0 Å². The van der Waals surface area contributed by atoms with Gasteiger partial charge >= 0.3 is 0 Å². The second kappa shape index (κ2) is 5.98. The zero-order chi connectivity index (χ0) is 15.8. The third-order valence-corrected chi connectivity index (χ3v) is 5.21. The van der Waals surface area contributed by atoms with Crippen LogP contribution in [0, 0.1) is 11.8 Å². The highest BCUT2D eigenvalue weighted by atomic mass is 16.5. The normalized spacial score (nSPS) is 29.3. The molecule has 0 unspecified atom stereocenters. The lowest BCUT2D eigenvalue weighted by atomic mass is 9.67. The summed E-state index contributed by atoms with van der Waals surface area (Å²) >= 11 is 0. The molecule has 1 N–H and O–H groups in total. The number of aromatic nitrogens is 1. The van der Waals surface area contributed by atoms with Gasteiger partial charge < -0.3 is 19.4 Å². The van der Waals surface area contributed by atoms with Gasteiger partial charge in [0, 0.05) is 43.3 Å². The third-order valence-electron chi connectivity index (χ3n) is 5.21. The average molecular weight is 314 g/mol. The minimum atomic E-state index is 0.0582. The summed E-state index contributed by atoms with van der Waals surface area (Å²) in [6.45, 7) is 1.78. The van der Waals surface area contributed by atoms with Crippen molar-refractivity contribution in [1.82, 2.24) is 9.88 Å². The minimum Gasteiger partial charge on any atom is -0.384 e. The molecule has 4 atom stereocenters. The molecular formula is C18H22N2O3. The predicted octanol–water partition coefficient (Wildman–Crippen LogP) is 1.81. The zero-order valence-corrected chi connectivity index (χ0v) is 13.3. The Morgan fingerprint density at radius 1 is 1.39 bits per heavy atom. The van der Waals surface area contributed by atoms with Crippen molar-refractivity contribution in [2.45, 2.75) is 25.1 Å². The maximum absolute atomic E-state index is 12.5. The summed E-state index contributed by atoms with van der Waals surface area (Å²) in [6, 6.07) is 10.3. The number of carbonyl (C=O) groups is 1. The summed E-state index contributed by atoms with van der Waals surface area (Å²) in [6.07, 6.45) is 3.26. The Balaban J connectivity index is 1.43. The van der Waals surface area contributed by atoms with E-state index >= 15 is 0 Å². The van der Waals surface area contributed by atoms with E-state index in [1.165, 1.54) is 0 Å². The largest absolute Gasteiger partial charge is 0.384 e. The molecule has 5 heteroatoms. The van der Waals surface area contributed by atoms with Gasteiger partial charge in [-0.05, 0) is 23.9 Å². The standard InChI is InChI=1S/C18H22N2O3/c1-22-11-14-17(13-7-9-23-18(13)14)19-16(21)10-20-8-6-12-4-2-3-5-15(12)20/h2-6,8,13-14,17-18H,7,9-11H2,1H3,(H,19,21)/t13-,14+,17-,18-/m0/s1.